The van der Waals surface area contributed by atoms with Crippen LogP contribution in [0.3, 0.4) is 0 Å². The highest BCUT2D eigenvalue weighted by Gasteiger charge is 2.07. The third-order valence-corrected chi connectivity index (χ3v) is 3.89. The van der Waals surface area contributed by atoms with E-state index in [-0.39, 0.29) is 5.78 Å². The summed E-state index contributed by atoms with van der Waals surface area (Å²) >= 11 is 0. The summed E-state index contributed by atoms with van der Waals surface area (Å²) in [6.07, 6.45) is 2.63. The number of aliphatic hydroxyl groups excluding tert-OH is 1. The number of ketones is 1. The van der Waals surface area contributed by atoms with E-state index < -0.39 is 6.23 Å². The zero-order valence-electron chi connectivity index (χ0n) is 13.1. The highest BCUT2D eigenvalue weighted by Crippen LogP contribution is 2.22. The van der Waals surface area contributed by atoms with Gasteiger partial charge in [-0.2, -0.15) is 0 Å². The summed E-state index contributed by atoms with van der Waals surface area (Å²) < 4.78 is 0. The largest absolute Gasteiger partial charge is 0.375 e. The minimum absolute atomic E-state index is 0.0529. The Morgan fingerprint density at radius 3 is 2.17 bits per heavy atom. The van der Waals surface area contributed by atoms with Gasteiger partial charge in [0.15, 0.2) is 5.78 Å². The molecule has 2 aromatic carbocycles. The monoisotopic (exact) mass is 318 g/mol. The minimum Gasteiger partial charge on any atom is -0.375 e. The summed E-state index contributed by atoms with van der Waals surface area (Å²) in [6.45, 7) is 0. The molecule has 1 unspecified atom stereocenters. The van der Waals surface area contributed by atoms with E-state index in [0.717, 1.165) is 16.7 Å². The fourth-order valence-corrected chi connectivity index (χ4v) is 2.50. The van der Waals surface area contributed by atoms with Crippen LogP contribution in [0.5, 0.6) is 0 Å². The predicted molar refractivity (Wildman–Crippen MR) is 93.3 cm³/mol. The maximum Gasteiger partial charge on any atom is 0.168 e. The standard InChI is InChI=1S/C20H18N2O2/c21-20(24)17-9-7-16(8-10-17)15-5-3-14(4-6-15)12-19(23)18-2-1-11-22-13-18/h1-11,13,20,24H,12,21H2. The quantitative estimate of drug-likeness (QED) is 0.560. The van der Waals surface area contributed by atoms with Gasteiger partial charge in [0.05, 0.1) is 0 Å². The average Bonchev–Trinajstić information content (AvgIpc) is 2.63. The first-order chi connectivity index (χ1) is 11.6. The highest BCUT2D eigenvalue weighted by atomic mass is 16.3. The SMILES string of the molecule is NC(O)c1ccc(-c2ccc(CC(=O)c3cccnc3)cc2)cc1. The fraction of sp³-hybridized carbons (Fsp3) is 0.100. The van der Waals surface area contributed by atoms with Gasteiger partial charge in [0.25, 0.3) is 0 Å². The molecule has 3 N–H and O–H groups in total. The third-order valence-electron chi connectivity index (χ3n) is 3.89. The number of Topliss-reactive ketones (excluding diaryl/α,β-unsaturated/α-hetero) is 1. The molecule has 3 aromatic rings. The number of pyridine rings is 1. The summed E-state index contributed by atoms with van der Waals surface area (Å²) in [5.41, 5.74) is 9.78. The molecule has 0 aliphatic carbocycles. The van der Waals surface area contributed by atoms with Crippen molar-refractivity contribution in [1.29, 1.82) is 0 Å². The summed E-state index contributed by atoms with van der Waals surface area (Å²) in [4.78, 5) is 16.2. The first-order valence-electron chi connectivity index (χ1n) is 7.69. The van der Waals surface area contributed by atoms with Crippen LogP contribution < -0.4 is 5.73 Å². The molecule has 120 valence electrons. The Hall–Kier alpha value is -2.82. The van der Waals surface area contributed by atoms with Gasteiger partial charge in [0.1, 0.15) is 6.23 Å². The molecule has 3 rings (SSSR count). The van der Waals surface area contributed by atoms with Crippen LogP contribution in [0.2, 0.25) is 0 Å². The Labute approximate surface area is 140 Å². The van der Waals surface area contributed by atoms with Crippen LogP contribution in [0.4, 0.5) is 0 Å². The number of carbonyl (C=O) groups excluding carboxylic acids is 1. The number of nitrogens with two attached hydrogens (primary N) is 1. The zero-order chi connectivity index (χ0) is 16.9. The van der Waals surface area contributed by atoms with Crippen molar-refractivity contribution in [2.75, 3.05) is 0 Å². The molecule has 0 fully saturated rings. The molecule has 0 amide bonds. The van der Waals surface area contributed by atoms with E-state index in [4.69, 9.17) is 5.73 Å². The average molecular weight is 318 g/mol. The lowest BCUT2D eigenvalue weighted by atomic mass is 9.99. The van der Waals surface area contributed by atoms with E-state index in [0.29, 0.717) is 17.5 Å². The topological polar surface area (TPSA) is 76.2 Å². The van der Waals surface area contributed by atoms with Gasteiger partial charge < -0.3 is 10.8 Å². The number of hydrogen-bond donors (Lipinski definition) is 2. The second-order valence-electron chi connectivity index (χ2n) is 5.61. The van der Waals surface area contributed by atoms with Gasteiger partial charge in [-0.3, -0.25) is 9.78 Å². The summed E-state index contributed by atoms with van der Waals surface area (Å²) in [5.74, 6) is 0.0529. The molecular weight excluding hydrogens is 300 g/mol. The van der Waals surface area contributed by atoms with E-state index in [1.807, 2.05) is 36.4 Å². The lowest BCUT2D eigenvalue weighted by Crippen LogP contribution is -2.07. The highest BCUT2D eigenvalue weighted by molar-refractivity contribution is 5.97. The van der Waals surface area contributed by atoms with Gasteiger partial charge in [-0.05, 0) is 34.4 Å². The number of nitrogens with zero attached hydrogens (tertiary/aromatic N) is 1. The number of benzene rings is 2. The molecule has 0 radical (unpaired) electrons. The van der Waals surface area contributed by atoms with Crippen LogP contribution >= 0.6 is 0 Å². The van der Waals surface area contributed by atoms with E-state index in [1.165, 1.54) is 0 Å². The van der Waals surface area contributed by atoms with Crippen molar-refractivity contribution in [1.82, 2.24) is 4.98 Å². The van der Waals surface area contributed by atoms with Crippen molar-refractivity contribution >= 4 is 5.78 Å². The third kappa shape index (κ3) is 3.74. The van der Waals surface area contributed by atoms with Crippen molar-refractivity contribution in [3.05, 3.63) is 89.7 Å². The van der Waals surface area contributed by atoms with Gasteiger partial charge in [-0.15, -0.1) is 0 Å². The van der Waals surface area contributed by atoms with Crippen LogP contribution in [-0.2, 0) is 6.42 Å². The molecule has 0 saturated heterocycles. The predicted octanol–water partition coefficient (Wildman–Crippen LogP) is 3.12. The van der Waals surface area contributed by atoms with Crippen molar-refractivity contribution < 1.29 is 9.90 Å². The molecule has 0 saturated carbocycles. The number of hydrogen-bond acceptors (Lipinski definition) is 4. The van der Waals surface area contributed by atoms with Crippen molar-refractivity contribution in [3.63, 3.8) is 0 Å². The van der Waals surface area contributed by atoms with Crippen molar-refractivity contribution in [3.8, 4) is 11.1 Å². The van der Waals surface area contributed by atoms with Crippen molar-refractivity contribution in [2.45, 2.75) is 12.6 Å². The Morgan fingerprint density at radius 2 is 1.62 bits per heavy atom. The summed E-state index contributed by atoms with van der Waals surface area (Å²) in [5, 5.41) is 9.34. The number of aliphatic hydroxyl groups is 1. The molecule has 1 atom stereocenters. The van der Waals surface area contributed by atoms with Crippen LogP contribution in [0.1, 0.15) is 27.7 Å². The van der Waals surface area contributed by atoms with Crippen LogP contribution in [0, 0.1) is 0 Å². The second kappa shape index (κ2) is 7.17. The molecule has 0 aliphatic rings. The zero-order valence-corrected chi connectivity index (χ0v) is 13.1. The van der Waals surface area contributed by atoms with Crippen molar-refractivity contribution in [2.24, 2.45) is 5.73 Å². The molecule has 24 heavy (non-hydrogen) atoms. The van der Waals surface area contributed by atoms with Gasteiger partial charge in [-0.1, -0.05) is 48.5 Å². The normalized spacial score (nSPS) is 11.9. The Balaban J connectivity index is 1.72. The Kier molecular flexibility index (Phi) is 4.79. The van der Waals surface area contributed by atoms with E-state index in [9.17, 15) is 9.90 Å². The summed E-state index contributed by atoms with van der Waals surface area (Å²) in [6, 6.07) is 18.9. The molecular formula is C20H18N2O2. The summed E-state index contributed by atoms with van der Waals surface area (Å²) in [7, 11) is 0. The van der Waals surface area contributed by atoms with E-state index in [1.54, 1.807) is 36.7 Å². The molecule has 1 heterocycles. The van der Waals surface area contributed by atoms with E-state index in [2.05, 4.69) is 4.98 Å². The molecule has 4 nitrogen and oxygen atoms in total. The Bertz CT molecular complexity index is 811. The first-order valence-corrected chi connectivity index (χ1v) is 7.69. The van der Waals surface area contributed by atoms with Crippen LogP contribution in [0.15, 0.2) is 73.1 Å². The minimum atomic E-state index is -0.958. The second-order valence-corrected chi connectivity index (χ2v) is 5.61. The maximum atomic E-state index is 12.2. The lowest BCUT2D eigenvalue weighted by Gasteiger charge is -2.07. The lowest BCUT2D eigenvalue weighted by molar-refractivity contribution is 0.0992. The molecule has 0 spiro atoms. The number of aromatic nitrogens is 1. The maximum absolute atomic E-state index is 12.2. The van der Waals surface area contributed by atoms with E-state index >= 15 is 0 Å². The smallest absolute Gasteiger partial charge is 0.168 e. The fourth-order valence-electron chi connectivity index (χ4n) is 2.50. The molecule has 1 aromatic heterocycles. The van der Waals surface area contributed by atoms with Gasteiger partial charge in [0, 0.05) is 24.4 Å². The molecule has 0 bridgehead atoms. The van der Waals surface area contributed by atoms with Crippen LogP contribution in [-0.4, -0.2) is 15.9 Å². The number of rotatable bonds is 5. The first kappa shape index (κ1) is 16.1. The Morgan fingerprint density at radius 1 is 1.00 bits per heavy atom. The van der Waals surface area contributed by atoms with Gasteiger partial charge in [0.2, 0.25) is 0 Å². The molecule has 0 aliphatic heterocycles. The molecule has 4 heteroatoms. The van der Waals surface area contributed by atoms with Gasteiger partial charge >= 0.3 is 0 Å². The van der Waals surface area contributed by atoms with Crippen LogP contribution in [0.25, 0.3) is 11.1 Å². The number of carbonyl (C=O) groups is 1. The van der Waals surface area contributed by atoms with Gasteiger partial charge in [-0.25, -0.2) is 0 Å².